The Bertz CT molecular complexity index is 568. The molecule has 0 aliphatic carbocycles. The molecule has 1 atom stereocenters. The highest BCUT2D eigenvalue weighted by Gasteiger charge is 2.11. The average molecular weight is 277 g/mol. The predicted molar refractivity (Wildman–Crippen MR) is 76.3 cm³/mol. The molecular weight excluding hydrogens is 257 g/mol. The molecule has 1 aromatic carbocycles. The quantitative estimate of drug-likeness (QED) is 0.882. The summed E-state index contributed by atoms with van der Waals surface area (Å²) in [5, 5.41) is 4.15. The van der Waals surface area contributed by atoms with Crippen LogP contribution in [0.5, 0.6) is 11.5 Å². The lowest BCUT2D eigenvalue weighted by molar-refractivity contribution is 0.468. The molecule has 0 aliphatic rings. The molecule has 0 fully saturated rings. The average Bonchev–Trinajstić information content (AvgIpc) is 2.89. The molecule has 0 aliphatic heterocycles. The minimum absolute atomic E-state index is 0.00230. The van der Waals surface area contributed by atoms with Crippen LogP contribution in [0, 0.1) is 5.82 Å². The molecule has 1 aromatic heterocycles. The summed E-state index contributed by atoms with van der Waals surface area (Å²) in [6.45, 7) is 4.79. The molecule has 20 heavy (non-hydrogen) atoms. The summed E-state index contributed by atoms with van der Waals surface area (Å²) in [7, 11) is 0. The van der Waals surface area contributed by atoms with Gasteiger partial charge in [-0.15, -0.1) is 0 Å². The summed E-state index contributed by atoms with van der Waals surface area (Å²) in [6.07, 6.45) is 4.89. The van der Waals surface area contributed by atoms with E-state index in [2.05, 4.69) is 5.10 Å². The Hall–Kier alpha value is -1.88. The molecule has 1 unspecified atom stereocenters. The molecule has 0 amide bonds. The molecule has 1 heterocycles. The lowest BCUT2D eigenvalue weighted by Crippen LogP contribution is -2.21. The van der Waals surface area contributed by atoms with E-state index in [-0.39, 0.29) is 11.9 Å². The number of aromatic nitrogens is 2. The normalized spacial score (nSPS) is 12.4. The van der Waals surface area contributed by atoms with Gasteiger partial charge < -0.3 is 10.5 Å². The summed E-state index contributed by atoms with van der Waals surface area (Å²) < 4.78 is 20.9. The molecule has 108 valence electrons. The molecule has 5 heteroatoms. The number of benzene rings is 1. The van der Waals surface area contributed by atoms with Crippen LogP contribution in [-0.4, -0.2) is 15.8 Å². The van der Waals surface area contributed by atoms with E-state index in [1.165, 1.54) is 12.1 Å². The van der Waals surface area contributed by atoms with E-state index in [4.69, 9.17) is 10.5 Å². The van der Waals surface area contributed by atoms with Gasteiger partial charge in [0.05, 0.1) is 12.4 Å². The van der Waals surface area contributed by atoms with E-state index < -0.39 is 0 Å². The van der Waals surface area contributed by atoms with Gasteiger partial charge in [-0.3, -0.25) is 4.68 Å². The Morgan fingerprint density at radius 1 is 1.40 bits per heavy atom. The topological polar surface area (TPSA) is 53.1 Å². The van der Waals surface area contributed by atoms with Crippen LogP contribution in [0.2, 0.25) is 0 Å². The SMILES string of the molecule is CCC(N)Cc1cc(F)ccc1Oc1cnn(CC)c1. The van der Waals surface area contributed by atoms with E-state index in [0.717, 1.165) is 18.5 Å². The summed E-state index contributed by atoms with van der Waals surface area (Å²) in [6, 6.07) is 4.50. The predicted octanol–water partition coefficient (Wildman–Crippen LogP) is 3.11. The second-order valence-electron chi connectivity index (χ2n) is 4.76. The number of hydrogen-bond donors (Lipinski definition) is 1. The standard InChI is InChI=1S/C15H20FN3O/c1-3-13(17)8-11-7-12(16)5-6-15(11)20-14-9-18-19(4-2)10-14/h5-7,9-10,13H,3-4,8,17H2,1-2H3. The maximum absolute atomic E-state index is 13.4. The third kappa shape index (κ3) is 3.57. The van der Waals surface area contributed by atoms with Crippen molar-refractivity contribution in [2.24, 2.45) is 5.73 Å². The highest BCUT2D eigenvalue weighted by Crippen LogP contribution is 2.27. The molecular formula is C15H20FN3O. The van der Waals surface area contributed by atoms with E-state index in [9.17, 15) is 4.39 Å². The molecule has 0 bridgehead atoms. The number of nitrogens with zero attached hydrogens (tertiary/aromatic N) is 2. The first-order valence-corrected chi connectivity index (χ1v) is 6.86. The molecule has 4 nitrogen and oxygen atoms in total. The maximum Gasteiger partial charge on any atom is 0.165 e. The number of hydrogen-bond acceptors (Lipinski definition) is 3. The molecule has 2 aromatic rings. The smallest absolute Gasteiger partial charge is 0.165 e. The summed E-state index contributed by atoms with van der Waals surface area (Å²) in [4.78, 5) is 0. The molecule has 0 spiro atoms. The summed E-state index contributed by atoms with van der Waals surface area (Å²) in [5.41, 5.74) is 6.73. The first kappa shape index (κ1) is 14.5. The van der Waals surface area contributed by atoms with Crippen LogP contribution in [-0.2, 0) is 13.0 Å². The second-order valence-corrected chi connectivity index (χ2v) is 4.76. The zero-order valence-electron chi connectivity index (χ0n) is 11.8. The zero-order valence-corrected chi connectivity index (χ0v) is 11.8. The van der Waals surface area contributed by atoms with Crippen molar-refractivity contribution in [1.82, 2.24) is 9.78 Å². The van der Waals surface area contributed by atoms with Gasteiger partial charge in [0.25, 0.3) is 0 Å². The van der Waals surface area contributed by atoms with E-state index in [1.807, 2.05) is 20.0 Å². The van der Waals surface area contributed by atoms with Crippen molar-refractivity contribution in [3.05, 3.63) is 42.0 Å². The van der Waals surface area contributed by atoms with Gasteiger partial charge >= 0.3 is 0 Å². The van der Waals surface area contributed by atoms with Crippen molar-refractivity contribution in [3.63, 3.8) is 0 Å². The third-order valence-electron chi connectivity index (χ3n) is 3.19. The highest BCUT2D eigenvalue weighted by molar-refractivity contribution is 5.37. The fourth-order valence-corrected chi connectivity index (χ4v) is 1.93. The largest absolute Gasteiger partial charge is 0.454 e. The van der Waals surface area contributed by atoms with Crippen LogP contribution in [0.1, 0.15) is 25.8 Å². The minimum Gasteiger partial charge on any atom is -0.454 e. The third-order valence-corrected chi connectivity index (χ3v) is 3.19. The van der Waals surface area contributed by atoms with Crippen LogP contribution in [0.15, 0.2) is 30.6 Å². The van der Waals surface area contributed by atoms with Gasteiger partial charge in [-0.1, -0.05) is 6.92 Å². The molecule has 0 saturated heterocycles. The Morgan fingerprint density at radius 3 is 2.85 bits per heavy atom. The minimum atomic E-state index is -0.278. The van der Waals surface area contributed by atoms with Crippen LogP contribution in [0.25, 0.3) is 0 Å². The molecule has 2 N–H and O–H groups in total. The molecule has 0 radical (unpaired) electrons. The lowest BCUT2D eigenvalue weighted by atomic mass is 10.0. The van der Waals surface area contributed by atoms with Crippen molar-refractivity contribution in [2.45, 2.75) is 39.3 Å². The van der Waals surface area contributed by atoms with Gasteiger partial charge in [-0.05, 0) is 43.5 Å². The molecule has 0 saturated carbocycles. The fraction of sp³-hybridized carbons (Fsp3) is 0.400. The van der Waals surface area contributed by atoms with Crippen molar-refractivity contribution in [1.29, 1.82) is 0 Å². The Morgan fingerprint density at radius 2 is 2.20 bits per heavy atom. The van der Waals surface area contributed by atoms with Gasteiger partial charge in [0.15, 0.2) is 5.75 Å². The van der Waals surface area contributed by atoms with Gasteiger partial charge in [-0.2, -0.15) is 5.10 Å². The summed E-state index contributed by atoms with van der Waals surface area (Å²) in [5.74, 6) is 0.996. The van der Waals surface area contributed by atoms with E-state index in [1.54, 1.807) is 16.9 Å². The van der Waals surface area contributed by atoms with Crippen LogP contribution in [0.3, 0.4) is 0 Å². The van der Waals surface area contributed by atoms with E-state index in [0.29, 0.717) is 17.9 Å². The van der Waals surface area contributed by atoms with Crippen molar-refractivity contribution < 1.29 is 9.13 Å². The maximum atomic E-state index is 13.4. The van der Waals surface area contributed by atoms with E-state index >= 15 is 0 Å². The lowest BCUT2D eigenvalue weighted by Gasteiger charge is -2.13. The fourth-order valence-electron chi connectivity index (χ4n) is 1.93. The Kier molecular flexibility index (Phi) is 4.74. The highest BCUT2D eigenvalue weighted by atomic mass is 19.1. The van der Waals surface area contributed by atoms with Gasteiger partial charge in [0, 0.05) is 12.6 Å². The number of nitrogens with two attached hydrogens (primary N) is 1. The Balaban J connectivity index is 2.21. The molecule has 2 rings (SSSR count). The van der Waals surface area contributed by atoms with Gasteiger partial charge in [0.1, 0.15) is 11.6 Å². The van der Waals surface area contributed by atoms with Crippen LogP contribution < -0.4 is 10.5 Å². The second kappa shape index (κ2) is 6.52. The first-order valence-electron chi connectivity index (χ1n) is 6.86. The zero-order chi connectivity index (χ0) is 14.5. The van der Waals surface area contributed by atoms with Gasteiger partial charge in [-0.25, -0.2) is 4.39 Å². The number of rotatable bonds is 6. The van der Waals surface area contributed by atoms with Crippen molar-refractivity contribution >= 4 is 0 Å². The van der Waals surface area contributed by atoms with Gasteiger partial charge in [0.2, 0.25) is 0 Å². The number of ether oxygens (including phenoxy) is 1. The van der Waals surface area contributed by atoms with Crippen LogP contribution >= 0.6 is 0 Å². The Labute approximate surface area is 118 Å². The van der Waals surface area contributed by atoms with Crippen LogP contribution in [0.4, 0.5) is 4.39 Å². The van der Waals surface area contributed by atoms with Crippen molar-refractivity contribution in [3.8, 4) is 11.5 Å². The van der Waals surface area contributed by atoms with Crippen molar-refractivity contribution in [2.75, 3.05) is 0 Å². The summed E-state index contributed by atoms with van der Waals surface area (Å²) >= 11 is 0. The number of halogens is 1. The number of aryl methyl sites for hydroxylation is 1. The first-order chi connectivity index (χ1) is 9.62. The monoisotopic (exact) mass is 277 g/mol.